The Balaban J connectivity index is 2.51. The van der Waals surface area contributed by atoms with Gasteiger partial charge in [0, 0.05) is 0 Å². The Labute approximate surface area is 92.1 Å². The molecule has 0 bridgehead atoms. The third-order valence-electron chi connectivity index (χ3n) is 2.53. The van der Waals surface area contributed by atoms with Gasteiger partial charge in [-0.25, -0.2) is 0 Å². The van der Waals surface area contributed by atoms with E-state index in [0.29, 0.717) is 0 Å². The second-order valence-electron chi connectivity index (χ2n) is 5.29. The molecule has 6 heteroatoms. The number of nitrogens with two attached hydrogens (primary N) is 1. The highest BCUT2D eigenvalue weighted by molar-refractivity contribution is 5.74. The molecule has 94 valence electrons. The molecule has 1 rings (SSSR count). The molecule has 0 aromatic heterocycles. The van der Waals surface area contributed by atoms with E-state index in [4.69, 9.17) is 10.5 Å². The number of carbonyl (C=O) groups is 1. The van der Waals surface area contributed by atoms with Crippen LogP contribution < -0.4 is 5.73 Å². The summed E-state index contributed by atoms with van der Waals surface area (Å²) in [5, 5.41) is 0. The summed E-state index contributed by atoms with van der Waals surface area (Å²) in [6.07, 6.45) is -5.22. The zero-order valence-electron chi connectivity index (χ0n) is 9.52. The summed E-state index contributed by atoms with van der Waals surface area (Å²) >= 11 is 0. The van der Waals surface area contributed by atoms with Crippen molar-refractivity contribution in [3.63, 3.8) is 0 Å². The van der Waals surface area contributed by atoms with E-state index in [2.05, 4.69) is 0 Å². The molecule has 0 amide bonds. The van der Waals surface area contributed by atoms with Crippen LogP contribution in [0.1, 0.15) is 33.6 Å². The molecule has 3 nitrogen and oxygen atoms in total. The van der Waals surface area contributed by atoms with Crippen LogP contribution in [0, 0.1) is 5.92 Å². The maximum Gasteiger partial charge on any atom is 0.406 e. The van der Waals surface area contributed by atoms with Gasteiger partial charge in [-0.2, -0.15) is 13.2 Å². The smallest absolute Gasteiger partial charge is 0.406 e. The Morgan fingerprint density at radius 1 is 1.31 bits per heavy atom. The summed E-state index contributed by atoms with van der Waals surface area (Å²) in [5.74, 6) is -1.33. The van der Waals surface area contributed by atoms with Gasteiger partial charge in [-0.3, -0.25) is 4.79 Å². The van der Waals surface area contributed by atoms with Crippen LogP contribution in [0.25, 0.3) is 0 Å². The SMILES string of the molecule is CC(C)(C)OC(=O)C1CC(N)(C(F)(F)F)C1. The summed E-state index contributed by atoms with van der Waals surface area (Å²) < 4.78 is 42.1. The fourth-order valence-electron chi connectivity index (χ4n) is 1.60. The monoisotopic (exact) mass is 239 g/mol. The first kappa shape index (κ1) is 13.3. The molecular formula is C10H16F3NO2. The van der Waals surface area contributed by atoms with Crippen molar-refractivity contribution in [2.75, 3.05) is 0 Å². The Morgan fingerprint density at radius 3 is 2.06 bits per heavy atom. The molecule has 16 heavy (non-hydrogen) atoms. The number of carbonyl (C=O) groups excluding carboxylic acids is 1. The van der Waals surface area contributed by atoms with Gasteiger partial charge in [0.2, 0.25) is 0 Å². The maximum absolute atomic E-state index is 12.4. The standard InChI is InChI=1S/C10H16F3NO2/c1-8(2,3)16-7(15)6-4-9(14,5-6)10(11,12)13/h6H,4-5,14H2,1-3H3. The van der Waals surface area contributed by atoms with E-state index < -0.39 is 29.2 Å². The van der Waals surface area contributed by atoms with Gasteiger partial charge >= 0.3 is 12.1 Å². The molecule has 2 N–H and O–H groups in total. The van der Waals surface area contributed by atoms with Crippen molar-refractivity contribution in [3.8, 4) is 0 Å². The molecule has 0 heterocycles. The molecule has 1 saturated carbocycles. The van der Waals surface area contributed by atoms with Crippen molar-refractivity contribution in [2.24, 2.45) is 11.7 Å². The molecular weight excluding hydrogens is 223 g/mol. The second kappa shape index (κ2) is 3.61. The van der Waals surface area contributed by atoms with Crippen LogP contribution in [0.2, 0.25) is 0 Å². The highest BCUT2D eigenvalue weighted by Crippen LogP contribution is 2.47. The Bertz CT molecular complexity index is 287. The summed E-state index contributed by atoms with van der Waals surface area (Å²) in [5.41, 5.74) is 2.25. The van der Waals surface area contributed by atoms with E-state index in [1.54, 1.807) is 20.8 Å². The summed E-state index contributed by atoms with van der Waals surface area (Å²) in [4.78, 5) is 11.4. The molecule has 0 aromatic rings. The Hall–Kier alpha value is -0.780. The van der Waals surface area contributed by atoms with Gasteiger partial charge < -0.3 is 10.5 Å². The molecule has 0 atom stereocenters. The van der Waals surface area contributed by atoms with E-state index in [1.807, 2.05) is 0 Å². The summed E-state index contributed by atoms with van der Waals surface area (Å²) in [6, 6.07) is 0. The lowest BCUT2D eigenvalue weighted by Gasteiger charge is -2.44. The van der Waals surface area contributed by atoms with E-state index >= 15 is 0 Å². The average molecular weight is 239 g/mol. The van der Waals surface area contributed by atoms with Crippen molar-refractivity contribution in [3.05, 3.63) is 0 Å². The quantitative estimate of drug-likeness (QED) is 0.712. The third kappa shape index (κ3) is 2.66. The minimum atomic E-state index is -4.45. The predicted molar refractivity (Wildman–Crippen MR) is 51.5 cm³/mol. The third-order valence-corrected chi connectivity index (χ3v) is 2.53. The van der Waals surface area contributed by atoms with Gasteiger partial charge in [0.1, 0.15) is 11.1 Å². The minimum Gasteiger partial charge on any atom is -0.460 e. The fraction of sp³-hybridized carbons (Fsp3) is 0.900. The number of hydrogen-bond donors (Lipinski definition) is 1. The average Bonchev–Trinajstić information content (AvgIpc) is 1.92. The highest BCUT2D eigenvalue weighted by Gasteiger charge is 2.61. The molecule has 0 radical (unpaired) electrons. The van der Waals surface area contributed by atoms with Gasteiger partial charge in [0.15, 0.2) is 0 Å². The molecule has 0 spiro atoms. The van der Waals surface area contributed by atoms with Crippen molar-refractivity contribution in [2.45, 2.75) is 50.9 Å². The van der Waals surface area contributed by atoms with E-state index in [1.165, 1.54) is 0 Å². The molecule has 0 unspecified atom stereocenters. The van der Waals surface area contributed by atoms with Gasteiger partial charge in [0.25, 0.3) is 0 Å². The topological polar surface area (TPSA) is 52.3 Å². The summed E-state index contributed by atoms with van der Waals surface area (Å²) in [6.45, 7) is 5.01. The van der Waals surface area contributed by atoms with Crippen molar-refractivity contribution in [1.82, 2.24) is 0 Å². The van der Waals surface area contributed by atoms with Crippen LogP contribution in [0.5, 0.6) is 0 Å². The van der Waals surface area contributed by atoms with Gasteiger partial charge in [0.05, 0.1) is 5.92 Å². The van der Waals surface area contributed by atoms with Crippen molar-refractivity contribution in [1.29, 1.82) is 0 Å². The Morgan fingerprint density at radius 2 is 1.75 bits per heavy atom. The molecule has 0 aliphatic heterocycles. The van der Waals surface area contributed by atoms with Crippen LogP contribution in [-0.4, -0.2) is 23.3 Å². The minimum absolute atomic E-state index is 0.384. The lowest BCUT2D eigenvalue weighted by molar-refractivity contribution is -0.223. The first-order chi connectivity index (χ1) is 6.95. The van der Waals surface area contributed by atoms with Gasteiger partial charge in [-0.1, -0.05) is 0 Å². The molecule has 1 aliphatic rings. The van der Waals surface area contributed by atoms with Crippen LogP contribution in [-0.2, 0) is 9.53 Å². The number of esters is 1. The van der Waals surface area contributed by atoms with E-state index in [-0.39, 0.29) is 12.8 Å². The zero-order valence-corrected chi connectivity index (χ0v) is 9.52. The largest absolute Gasteiger partial charge is 0.460 e. The summed E-state index contributed by atoms with van der Waals surface area (Å²) in [7, 11) is 0. The normalized spacial score (nSPS) is 30.8. The zero-order chi connectivity index (χ0) is 12.8. The molecule has 0 aromatic carbocycles. The van der Waals surface area contributed by atoms with Crippen LogP contribution in [0.4, 0.5) is 13.2 Å². The Kier molecular flexibility index (Phi) is 3.00. The van der Waals surface area contributed by atoms with Crippen molar-refractivity contribution >= 4 is 5.97 Å². The van der Waals surface area contributed by atoms with Gasteiger partial charge in [-0.15, -0.1) is 0 Å². The molecule has 0 saturated heterocycles. The first-order valence-electron chi connectivity index (χ1n) is 5.03. The number of alkyl halides is 3. The first-order valence-corrected chi connectivity index (χ1v) is 5.03. The number of hydrogen-bond acceptors (Lipinski definition) is 3. The fourth-order valence-corrected chi connectivity index (χ4v) is 1.60. The van der Waals surface area contributed by atoms with E-state index in [0.717, 1.165) is 0 Å². The lowest BCUT2D eigenvalue weighted by Crippen LogP contribution is -2.63. The predicted octanol–water partition coefficient (Wildman–Crippen LogP) is 2.00. The number of ether oxygens (including phenoxy) is 1. The number of rotatable bonds is 1. The molecule has 1 aliphatic carbocycles. The lowest BCUT2D eigenvalue weighted by atomic mass is 9.68. The van der Waals surface area contributed by atoms with Crippen LogP contribution in [0.3, 0.4) is 0 Å². The number of halogens is 3. The van der Waals surface area contributed by atoms with Crippen molar-refractivity contribution < 1.29 is 22.7 Å². The van der Waals surface area contributed by atoms with Crippen LogP contribution >= 0.6 is 0 Å². The maximum atomic E-state index is 12.4. The highest BCUT2D eigenvalue weighted by atomic mass is 19.4. The second-order valence-corrected chi connectivity index (χ2v) is 5.29. The van der Waals surface area contributed by atoms with Gasteiger partial charge in [-0.05, 0) is 33.6 Å². The van der Waals surface area contributed by atoms with E-state index in [9.17, 15) is 18.0 Å². The molecule has 1 fully saturated rings. The van der Waals surface area contributed by atoms with Crippen LogP contribution in [0.15, 0.2) is 0 Å².